The predicted molar refractivity (Wildman–Crippen MR) is 182 cm³/mol. The van der Waals surface area contributed by atoms with E-state index in [1.807, 2.05) is 13.8 Å². The number of hydrogen-bond acceptors (Lipinski definition) is 8. The third-order valence-electron chi connectivity index (χ3n) is 9.97. The highest BCUT2D eigenvalue weighted by atomic mass is 32.2. The number of nitrogens with one attached hydrogen (secondary N) is 1. The molecule has 4 heterocycles. The lowest BCUT2D eigenvalue weighted by Gasteiger charge is -2.37. The fourth-order valence-electron chi connectivity index (χ4n) is 7.18. The molecule has 0 saturated carbocycles. The van der Waals surface area contributed by atoms with E-state index in [2.05, 4.69) is 32.3 Å². The molecule has 260 valence electrons. The zero-order valence-electron chi connectivity index (χ0n) is 28.9. The second kappa shape index (κ2) is 13.2. The number of nitrogens with zero attached hydrogens (tertiary/aromatic N) is 5. The maximum absolute atomic E-state index is 16.6. The highest BCUT2D eigenvalue weighted by molar-refractivity contribution is 7.91. The van der Waals surface area contributed by atoms with E-state index in [9.17, 15) is 8.42 Å². The molecule has 1 N–H and O–H groups in total. The minimum absolute atomic E-state index is 0.0178. The van der Waals surface area contributed by atoms with Crippen LogP contribution in [0.4, 0.5) is 19.0 Å². The Morgan fingerprint density at radius 3 is 2.50 bits per heavy atom. The Kier molecular flexibility index (Phi) is 9.85. The van der Waals surface area contributed by atoms with Gasteiger partial charge in [-0.15, -0.1) is 0 Å². The zero-order valence-corrected chi connectivity index (χ0v) is 30.7. The fraction of sp³-hybridized carbons (Fsp3) is 0.529. The van der Waals surface area contributed by atoms with Crippen LogP contribution in [-0.4, -0.2) is 47.1 Å². The van der Waals surface area contributed by atoms with Crippen LogP contribution in [0.2, 0.25) is 17.6 Å². The molecule has 1 aromatic carbocycles. The number of aromatic nitrogens is 5. The van der Waals surface area contributed by atoms with Crippen LogP contribution in [0.5, 0.6) is 0 Å². The van der Waals surface area contributed by atoms with Gasteiger partial charge < -0.3 is 9.74 Å². The lowest BCUT2D eigenvalue weighted by atomic mass is 9.85. The number of halogens is 3. The molecule has 9 nitrogen and oxygen atoms in total. The first kappa shape index (κ1) is 35.9. The molecule has 1 aliphatic rings. The molecule has 1 aliphatic heterocycles. The summed E-state index contributed by atoms with van der Waals surface area (Å²) in [4.78, 5) is 13.3. The van der Waals surface area contributed by atoms with Crippen molar-refractivity contribution in [1.29, 1.82) is 0 Å². The molecule has 0 aliphatic carbocycles. The molecule has 3 aromatic heterocycles. The Labute approximate surface area is 281 Å². The zero-order chi connectivity index (χ0) is 35.2. The molecular formula is C34H45F3N6O3SSi. The van der Waals surface area contributed by atoms with Crippen LogP contribution in [0.3, 0.4) is 0 Å². The van der Waals surface area contributed by atoms with Gasteiger partial charge in [-0.3, -0.25) is 4.68 Å². The quantitative estimate of drug-likeness (QED) is 0.147. The van der Waals surface area contributed by atoms with Crippen molar-refractivity contribution < 1.29 is 26.0 Å². The summed E-state index contributed by atoms with van der Waals surface area (Å²) in [6.45, 7) is 12.6. The highest BCUT2D eigenvalue weighted by Gasteiger charge is 2.64. The molecule has 0 radical (unpaired) electrons. The number of anilines is 1. The first-order valence-electron chi connectivity index (χ1n) is 16.6. The van der Waals surface area contributed by atoms with Crippen LogP contribution in [0, 0.1) is 19.7 Å². The summed E-state index contributed by atoms with van der Waals surface area (Å²) in [7, 11) is -4.91. The molecule has 48 heavy (non-hydrogen) atoms. The van der Waals surface area contributed by atoms with Crippen molar-refractivity contribution in [1.82, 2.24) is 24.7 Å². The Morgan fingerprint density at radius 2 is 1.88 bits per heavy atom. The molecule has 3 atom stereocenters. The van der Waals surface area contributed by atoms with Crippen LogP contribution >= 0.6 is 0 Å². The van der Waals surface area contributed by atoms with Gasteiger partial charge in [-0.05, 0) is 63.9 Å². The predicted octanol–water partition coefficient (Wildman–Crippen LogP) is 8.34. The van der Waals surface area contributed by atoms with E-state index in [-0.39, 0.29) is 33.3 Å². The van der Waals surface area contributed by atoms with Crippen molar-refractivity contribution in [3.05, 3.63) is 65.1 Å². The second-order valence-electron chi connectivity index (χ2n) is 13.2. The van der Waals surface area contributed by atoms with Crippen LogP contribution in [0.1, 0.15) is 89.0 Å². The molecule has 0 spiro atoms. The van der Waals surface area contributed by atoms with Crippen LogP contribution in [-0.2, 0) is 27.2 Å². The number of fused-ring (bicyclic) bond motifs is 1. The van der Waals surface area contributed by atoms with Gasteiger partial charge in [0.15, 0.2) is 13.3 Å². The van der Waals surface area contributed by atoms with Gasteiger partial charge in [0.2, 0.25) is 9.84 Å². The van der Waals surface area contributed by atoms with E-state index in [0.29, 0.717) is 22.4 Å². The number of benzene rings is 1. The van der Waals surface area contributed by atoms with Crippen LogP contribution in [0.15, 0.2) is 46.6 Å². The number of aryl methyl sites for hydroxylation is 3. The minimum Gasteiger partial charge on any atom is -0.405 e. The largest absolute Gasteiger partial charge is 0.405 e. The van der Waals surface area contributed by atoms with E-state index >= 15 is 13.2 Å². The van der Waals surface area contributed by atoms with E-state index in [0.717, 1.165) is 37.4 Å². The second-order valence-corrected chi connectivity index (χ2v) is 19.7. The average molecular weight is 703 g/mol. The van der Waals surface area contributed by atoms with Crippen LogP contribution in [0.25, 0.3) is 10.9 Å². The van der Waals surface area contributed by atoms with Crippen molar-refractivity contribution >= 4 is 34.9 Å². The summed E-state index contributed by atoms with van der Waals surface area (Å²) in [5.74, 6) is -4.01. The molecule has 0 bridgehead atoms. The maximum Gasteiger partial charge on any atom is 0.302 e. The van der Waals surface area contributed by atoms with Gasteiger partial charge in [0.1, 0.15) is 28.0 Å². The van der Waals surface area contributed by atoms with Crippen molar-refractivity contribution in [2.24, 2.45) is 7.05 Å². The van der Waals surface area contributed by atoms with Crippen molar-refractivity contribution in [2.75, 3.05) is 5.32 Å². The number of hydrogen-bond donors (Lipinski definition) is 1. The van der Waals surface area contributed by atoms with Gasteiger partial charge in [0.25, 0.3) is 0 Å². The van der Waals surface area contributed by atoms with Gasteiger partial charge in [0.05, 0.1) is 29.0 Å². The molecule has 14 heteroatoms. The van der Waals surface area contributed by atoms with Crippen LogP contribution < -0.4 is 5.32 Å². The molecule has 2 unspecified atom stereocenters. The van der Waals surface area contributed by atoms with Gasteiger partial charge in [-0.1, -0.05) is 52.2 Å². The van der Waals surface area contributed by atoms with Gasteiger partial charge in [-0.25, -0.2) is 27.8 Å². The first-order valence-corrected chi connectivity index (χ1v) is 20.4. The standard InChI is InChI=1S/C34H45F3N6O3SSi/c1-9-12-14-25-18-33(7,46-48(25,10-2)11-3)34(36,37)28-16-13-15-26(30(28)35)21(4)40-32-27-17-29(39-22(5)31(27)41-23(6)42-32)47(44,45)24-19-38-43(8)20-24/h13,15-17,19-21,25H,9-12,14,18H2,1-8H3,(H,40,41,42)/t21-,25?,33?/m1/s1. The molecular weight excluding hydrogens is 658 g/mol. The first-order chi connectivity index (χ1) is 22.5. The number of rotatable bonds is 12. The Hall–Kier alpha value is -3.36. The molecule has 0 amide bonds. The summed E-state index contributed by atoms with van der Waals surface area (Å²) >= 11 is 0. The molecule has 1 saturated heterocycles. The molecule has 1 fully saturated rings. The van der Waals surface area contributed by atoms with E-state index in [1.165, 1.54) is 42.2 Å². The normalized spacial score (nSPS) is 20.4. The Balaban J connectivity index is 1.52. The highest BCUT2D eigenvalue weighted by Crippen LogP contribution is 2.58. The minimum atomic E-state index is -4.03. The fourth-order valence-corrected chi connectivity index (χ4v) is 13.1. The topological polar surface area (TPSA) is 112 Å². The van der Waals surface area contributed by atoms with Crippen molar-refractivity contribution in [2.45, 2.75) is 119 Å². The van der Waals surface area contributed by atoms with E-state index < -0.39 is 47.1 Å². The third-order valence-corrected chi connectivity index (χ3v) is 16.8. The Morgan fingerprint density at radius 1 is 1.17 bits per heavy atom. The molecule has 4 aromatic rings. The summed E-state index contributed by atoms with van der Waals surface area (Å²) in [6, 6.07) is 6.05. The van der Waals surface area contributed by atoms with Crippen molar-refractivity contribution in [3.63, 3.8) is 0 Å². The lowest BCUT2D eigenvalue weighted by Crippen LogP contribution is -2.47. The SMILES string of the molecule is CCCCC1CC(C)(C(F)(F)c2cccc([C@@H](C)Nc3nc(C)nc4c(C)nc(S(=O)(=O)c5cnn(C)c5)cc34)c2F)O[Si]1(CC)CC. The van der Waals surface area contributed by atoms with Gasteiger partial charge in [-0.2, -0.15) is 13.9 Å². The number of sulfone groups is 1. The third kappa shape index (κ3) is 6.15. The van der Waals surface area contributed by atoms with Gasteiger partial charge >= 0.3 is 5.92 Å². The number of alkyl halides is 2. The maximum atomic E-state index is 16.6. The van der Waals surface area contributed by atoms with E-state index in [1.54, 1.807) is 27.8 Å². The van der Waals surface area contributed by atoms with Crippen molar-refractivity contribution in [3.8, 4) is 0 Å². The van der Waals surface area contributed by atoms with Gasteiger partial charge in [0, 0.05) is 24.2 Å². The summed E-state index contributed by atoms with van der Waals surface area (Å²) in [6.07, 6.45) is 5.57. The lowest BCUT2D eigenvalue weighted by molar-refractivity contribution is -0.162. The summed E-state index contributed by atoms with van der Waals surface area (Å²) in [5, 5.41) is 7.24. The summed E-state index contributed by atoms with van der Waals surface area (Å²) < 4.78 is 84.4. The average Bonchev–Trinajstić information content (AvgIpc) is 3.62. The smallest absolute Gasteiger partial charge is 0.302 e. The Bertz CT molecular complexity index is 1930. The number of pyridine rings is 1. The number of unbranched alkanes of at least 4 members (excludes halogenated alkanes) is 1. The summed E-state index contributed by atoms with van der Waals surface area (Å²) in [5.41, 5.74) is -1.67. The van der Waals surface area contributed by atoms with E-state index in [4.69, 9.17) is 4.43 Å². The monoisotopic (exact) mass is 702 g/mol. The molecule has 5 rings (SSSR count).